The molecule has 0 aliphatic carbocycles. The number of nitrogens with one attached hydrogen (secondary N) is 1. The van der Waals surface area contributed by atoms with Gasteiger partial charge in [-0.05, 0) is 42.8 Å². The van der Waals surface area contributed by atoms with Crippen molar-refractivity contribution in [3.8, 4) is 0 Å². The van der Waals surface area contributed by atoms with Crippen LogP contribution in [-0.4, -0.2) is 14.4 Å². The topological polar surface area (TPSA) is 68.2 Å². The Bertz CT molecular complexity index is 1130. The van der Waals surface area contributed by atoms with Gasteiger partial charge < -0.3 is 11.1 Å². The number of para-hydroxylation sites is 1. The Morgan fingerprint density at radius 3 is 2.70 bits per heavy atom. The largest absolute Gasteiger partial charge is 0.416 e. The number of fused-ring (bicyclic) bond motifs is 3. The Kier molecular flexibility index (Phi) is 3.91. The molecule has 0 bridgehead atoms. The van der Waals surface area contributed by atoms with Crippen molar-refractivity contribution in [1.82, 2.24) is 14.4 Å². The molecule has 3 N–H and O–H groups in total. The second kappa shape index (κ2) is 6.15. The molecule has 138 valence electrons. The molecule has 0 unspecified atom stereocenters. The maximum Gasteiger partial charge on any atom is 0.416 e. The normalized spacial score (nSPS) is 13.2. The summed E-state index contributed by atoms with van der Waals surface area (Å²) >= 11 is 0. The Balaban J connectivity index is 1.77. The average Bonchev–Trinajstić information content (AvgIpc) is 3.09. The van der Waals surface area contributed by atoms with Gasteiger partial charge in [-0.25, -0.2) is 4.98 Å². The molecule has 0 saturated carbocycles. The maximum atomic E-state index is 13.1. The summed E-state index contributed by atoms with van der Waals surface area (Å²) < 4.78 is 41.1. The van der Waals surface area contributed by atoms with E-state index in [-0.39, 0.29) is 5.69 Å². The molecule has 0 radical (unpaired) electrons. The minimum Gasteiger partial charge on any atom is -0.399 e. The molecule has 4 aromatic rings. The lowest BCUT2D eigenvalue weighted by atomic mass is 10.0. The summed E-state index contributed by atoms with van der Waals surface area (Å²) in [5.74, 6) is 1.06. The number of nitrogens with zero attached hydrogens (tertiary/aromatic N) is 3. The van der Waals surface area contributed by atoms with Crippen molar-refractivity contribution < 1.29 is 13.2 Å². The van der Waals surface area contributed by atoms with Crippen LogP contribution in [0, 0.1) is 0 Å². The molecular weight excluding hydrogens is 355 g/mol. The van der Waals surface area contributed by atoms with Gasteiger partial charge in [0.15, 0.2) is 0 Å². The first-order valence-electron chi connectivity index (χ1n) is 8.29. The zero-order valence-corrected chi connectivity index (χ0v) is 14.3. The Morgan fingerprint density at radius 2 is 1.93 bits per heavy atom. The Hall–Kier alpha value is -3.29. The fraction of sp³-hybridized carbons (Fsp3) is 0.158. The van der Waals surface area contributed by atoms with E-state index in [1.54, 1.807) is 13.1 Å². The summed E-state index contributed by atoms with van der Waals surface area (Å²) in [6.07, 6.45) is -0.996. The van der Waals surface area contributed by atoms with Crippen molar-refractivity contribution in [3.05, 3.63) is 66.0 Å². The third kappa shape index (κ3) is 3.14. The van der Waals surface area contributed by atoms with E-state index >= 15 is 0 Å². The second-order valence-corrected chi connectivity index (χ2v) is 6.33. The lowest BCUT2D eigenvalue weighted by Crippen LogP contribution is -2.12. The average molecular weight is 371 g/mol. The third-order valence-corrected chi connectivity index (χ3v) is 4.41. The monoisotopic (exact) mass is 371 g/mol. The first kappa shape index (κ1) is 17.1. The van der Waals surface area contributed by atoms with Gasteiger partial charge >= 0.3 is 6.18 Å². The summed E-state index contributed by atoms with van der Waals surface area (Å²) in [6.45, 7) is 1.77. The van der Waals surface area contributed by atoms with Gasteiger partial charge in [0, 0.05) is 23.5 Å². The number of halogens is 3. The van der Waals surface area contributed by atoms with Crippen LogP contribution in [0.4, 0.5) is 24.7 Å². The van der Waals surface area contributed by atoms with Gasteiger partial charge in [0.2, 0.25) is 5.78 Å². The molecule has 1 atom stereocenters. The van der Waals surface area contributed by atoms with Crippen LogP contribution in [-0.2, 0) is 6.18 Å². The standard InChI is InChI=1S/C19H16F3N5/c1-11(12-8-13(19(20,21)22)10-14(23)9-12)25-17-15-4-2-3-5-16(15)27-7-6-24-18(27)26-17/h2-11H,23H2,1H3,(H,24,25,26)/t11-/m1/s1. The summed E-state index contributed by atoms with van der Waals surface area (Å²) in [5, 5.41) is 4.04. The predicted molar refractivity (Wildman–Crippen MR) is 98.4 cm³/mol. The maximum absolute atomic E-state index is 13.1. The van der Waals surface area contributed by atoms with Crippen LogP contribution in [0.5, 0.6) is 0 Å². The van der Waals surface area contributed by atoms with Crippen LogP contribution < -0.4 is 11.1 Å². The van der Waals surface area contributed by atoms with Gasteiger partial charge in [-0.2, -0.15) is 18.2 Å². The van der Waals surface area contributed by atoms with Crippen molar-refractivity contribution in [1.29, 1.82) is 0 Å². The van der Waals surface area contributed by atoms with Crippen LogP contribution in [0.3, 0.4) is 0 Å². The molecule has 2 heterocycles. The molecule has 0 aliphatic rings. The van der Waals surface area contributed by atoms with Gasteiger partial charge in [-0.15, -0.1) is 0 Å². The second-order valence-electron chi connectivity index (χ2n) is 6.33. The predicted octanol–water partition coefficient (Wildman–Crippen LogP) is 4.66. The fourth-order valence-electron chi connectivity index (χ4n) is 3.10. The molecule has 2 aromatic carbocycles. The summed E-state index contributed by atoms with van der Waals surface area (Å²) in [5.41, 5.74) is 6.30. The highest BCUT2D eigenvalue weighted by molar-refractivity contribution is 5.91. The van der Waals surface area contributed by atoms with Crippen molar-refractivity contribution in [2.75, 3.05) is 11.1 Å². The van der Waals surface area contributed by atoms with Crippen LogP contribution in [0.1, 0.15) is 24.1 Å². The molecule has 2 aromatic heterocycles. The highest BCUT2D eigenvalue weighted by atomic mass is 19.4. The highest BCUT2D eigenvalue weighted by Gasteiger charge is 2.31. The number of rotatable bonds is 3. The zero-order valence-electron chi connectivity index (χ0n) is 14.3. The van der Waals surface area contributed by atoms with Gasteiger partial charge in [-0.1, -0.05) is 12.1 Å². The number of aromatic nitrogens is 3. The van der Waals surface area contributed by atoms with Gasteiger partial charge in [0.25, 0.3) is 0 Å². The molecule has 0 saturated heterocycles. The van der Waals surface area contributed by atoms with Gasteiger partial charge in [-0.3, -0.25) is 4.40 Å². The minimum absolute atomic E-state index is 0.0648. The smallest absolute Gasteiger partial charge is 0.399 e. The van der Waals surface area contributed by atoms with E-state index in [1.165, 1.54) is 6.07 Å². The quantitative estimate of drug-likeness (QED) is 0.514. The number of imidazole rings is 1. The SMILES string of the molecule is C[C@@H](Nc1nc2nccn2c2ccccc12)c1cc(N)cc(C(F)(F)F)c1. The van der Waals surface area contributed by atoms with Crippen LogP contribution in [0.2, 0.25) is 0 Å². The number of anilines is 2. The molecule has 8 heteroatoms. The molecule has 4 rings (SSSR count). The van der Waals surface area contributed by atoms with E-state index in [1.807, 2.05) is 34.9 Å². The molecule has 0 aliphatic heterocycles. The van der Waals surface area contributed by atoms with E-state index in [0.29, 0.717) is 17.2 Å². The van der Waals surface area contributed by atoms with Crippen LogP contribution >= 0.6 is 0 Å². The van der Waals surface area contributed by atoms with Crippen molar-refractivity contribution in [2.45, 2.75) is 19.1 Å². The number of nitrogen functional groups attached to an aromatic ring is 1. The van der Waals surface area contributed by atoms with E-state index in [9.17, 15) is 13.2 Å². The van der Waals surface area contributed by atoms with Crippen molar-refractivity contribution >= 4 is 28.2 Å². The summed E-state index contributed by atoms with van der Waals surface area (Å²) in [7, 11) is 0. The molecule has 0 spiro atoms. The van der Waals surface area contributed by atoms with E-state index in [4.69, 9.17) is 5.73 Å². The molecule has 5 nitrogen and oxygen atoms in total. The number of hydrogen-bond donors (Lipinski definition) is 2. The number of benzene rings is 2. The number of alkyl halides is 3. The molecule has 27 heavy (non-hydrogen) atoms. The first-order chi connectivity index (χ1) is 12.8. The lowest BCUT2D eigenvalue weighted by molar-refractivity contribution is -0.137. The summed E-state index contributed by atoms with van der Waals surface area (Å²) in [6, 6.07) is 10.7. The molecular formula is C19H16F3N5. The Labute approximate surface area is 152 Å². The molecule has 0 amide bonds. The highest BCUT2D eigenvalue weighted by Crippen LogP contribution is 2.34. The number of nitrogens with two attached hydrogens (primary N) is 1. The first-order valence-corrected chi connectivity index (χ1v) is 8.29. The van der Waals surface area contributed by atoms with E-state index < -0.39 is 17.8 Å². The van der Waals surface area contributed by atoms with Crippen LogP contribution in [0.15, 0.2) is 54.9 Å². The molecule has 0 fully saturated rings. The minimum atomic E-state index is -4.45. The van der Waals surface area contributed by atoms with Crippen molar-refractivity contribution in [2.24, 2.45) is 0 Å². The zero-order chi connectivity index (χ0) is 19.2. The van der Waals surface area contributed by atoms with Gasteiger partial charge in [0.05, 0.1) is 17.1 Å². The van der Waals surface area contributed by atoms with Gasteiger partial charge in [0.1, 0.15) is 5.82 Å². The Morgan fingerprint density at radius 1 is 1.15 bits per heavy atom. The third-order valence-electron chi connectivity index (χ3n) is 4.41. The van der Waals surface area contributed by atoms with Crippen LogP contribution in [0.25, 0.3) is 16.7 Å². The van der Waals surface area contributed by atoms with E-state index in [2.05, 4.69) is 15.3 Å². The fourth-order valence-corrected chi connectivity index (χ4v) is 3.10. The van der Waals surface area contributed by atoms with E-state index in [0.717, 1.165) is 23.0 Å². The number of hydrogen-bond acceptors (Lipinski definition) is 4. The lowest BCUT2D eigenvalue weighted by Gasteiger charge is -2.19. The summed E-state index contributed by atoms with van der Waals surface area (Å²) in [4.78, 5) is 8.72. The van der Waals surface area contributed by atoms with Crippen molar-refractivity contribution in [3.63, 3.8) is 0 Å².